The number of carboxylic acids is 1. The third-order valence-electron chi connectivity index (χ3n) is 5.81. The molecule has 190 valence electrons. The summed E-state index contributed by atoms with van der Waals surface area (Å²) in [6.45, 7) is 10.4. The Labute approximate surface area is 207 Å². The average molecular weight is 494 g/mol. The second-order valence-electron chi connectivity index (χ2n) is 10.1. The highest BCUT2D eigenvalue weighted by molar-refractivity contribution is 7.98. The van der Waals surface area contributed by atoms with E-state index >= 15 is 0 Å². The Kier molecular flexibility index (Phi) is 10.2. The van der Waals surface area contributed by atoms with Crippen LogP contribution in [0.1, 0.15) is 52.2 Å². The van der Waals surface area contributed by atoms with Crippen LogP contribution in [0.3, 0.4) is 0 Å². The molecule has 9 heteroatoms. The van der Waals surface area contributed by atoms with Gasteiger partial charge in [-0.05, 0) is 62.7 Å². The molecule has 3 N–H and O–H groups in total. The minimum atomic E-state index is -1.03. The molecule has 2 rings (SSSR count). The second kappa shape index (κ2) is 12.4. The van der Waals surface area contributed by atoms with Gasteiger partial charge in [-0.1, -0.05) is 38.1 Å². The third-order valence-corrected chi connectivity index (χ3v) is 6.46. The van der Waals surface area contributed by atoms with E-state index < -0.39 is 29.7 Å². The van der Waals surface area contributed by atoms with Crippen molar-refractivity contribution >= 4 is 29.7 Å². The zero-order valence-electron chi connectivity index (χ0n) is 21.1. The van der Waals surface area contributed by atoms with Gasteiger partial charge in [0.25, 0.3) is 0 Å². The molecule has 2 amide bonds. The molecular weight excluding hydrogens is 454 g/mol. The third kappa shape index (κ3) is 8.51. The lowest BCUT2D eigenvalue weighted by atomic mass is 9.92. The van der Waals surface area contributed by atoms with E-state index in [1.165, 1.54) is 0 Å². The van der Waals surface area contributed by atoms with E-state index in [0.717, 1.165) is 11.1 Å². The lowest BCUT2D eigenvalue weighted by Crippen LogP contribution is -2.57. The van der Waals surface area contributed by atoms with E-state index in [4.69, 9.17) is 4.74 Å². The summed E-state index contributed by atoms with van der Waals surface area (Å²) in [6.07, 6.45) is 2.26. The number of ether oxygens (including phenoxy) is 1. The smallest absolute Gasteiger partial charge is 0.407 e. The number of thioether (sulfide) groups is 1. The van der Waals surface area contributed by atoms with Crippen LogP contribution in [-0.2, 0) is 27.3 Å². The van der Waals surface area contributed by atoms with Crippen LogP contribution in [0.15, 0.2) is 24.3 Å². The van der Waals surface area contributed by atoms with Crippen molar-refractivity contribution in [3.63, 3.8) is 0 Å². The summed E-state index contributed by atoms with van der Waals surface area (Å²) < 4.78 is 5.44. The Morgan fingerprint density at radius 2 is 1.82 bits per heavy atom. The number of aliphatic carboxylic acids is 1. The molecule has 0 aromatic heterocycles. The molecule has 1 heterocycles. The summed E-state index contributed by atoms with van der Waals surface area (Å²) in [4.78, 5) is 39.5. The van der Waals surface area contributed by atoms with Gasteiger partial charge < -0.3 is 20.5 Å². The molecule has 1 aliphatic rings. The van der Waals surface area contributed by atoms with Crippen LogP contribution in [0.25, 0.3) is 0 Å². The molecule has 0 radical (unpaired) electrons. The highest BCUT2D eigenvalue weighted by atomic mass is 32.2. The van der Waals surface area contributed by atoms with Gasteiger partial charge in [-0.25, -0.2) is 9.59 Å². The largest absolute Gasteiger partial charge is 0.480 e. The van der Waals surface area contributed by atoms with Crippen LogP contribution < -0.4 is 10.6 Å². The Balaban J connectivity index is 2.23. The number of nitrogens with one attached hydrogen (secondary N) is 2. The highest BCUT2D eigenvalue weighted by Crippen LogP contribution is 2.25. The number of benzene rings is 1. The molecule has 0 saturated heterocycles. The number of amides is 2. The van der Waals surface area contributed by atoms with E-state index in [1.807, 2.05) is 70.0 Å². The molecule has 0 spiro atoms. The summed E-state index contributed by atoms with van der Waals surface area (Å²) in [5, 5.41) is 15.3. The van der Waals surface area contributed by atoms with Gasteiger partial charge in [0.05, 0.1) is 6.04 Å². The molecule has 0 bridgehead atoms. The fraction of sp³-hybridized carbons (Fsp3) is 0.640. The average Bonchev–Trinajstić information content (AvgIpc) is 2.73. The molecule has 1 aliphatic heterocycles. The summed E-state index contributed by atoms with van der Waals surface area (Å²) in [7, 11) is 0. The maximum absolute atomic E-state index is 13.3. The first-order chi connectivity index (χ1) is 15.9. The van der Waals surface area contributed by atoms with Crippen LogP contribution in [0.2, 0.25) is 0 Å². The molecule has 1 aromatic carbocycles. The minimum absolute atomic E-state index is 0.0988. The minimum Gasteiger partial charge on any atom is -0.480 e. The Morgan fingerprint density at radius 3 is 2.38 bits per heavy atom. The Morgan fingerprint density at radius 1 is 1.18 bits per heavy atom. The van der Waals surface area contributed by atoms with E-state index in [0.29, 0.717) is 31.7 Å². The fourth-order valence-corrected chi connectivity index (χ4v) is 4.39. The van der Waals surface area contributed by atoms with Crippen molar-refractivity contribution < 1.29 is 24.2 Å². The summed E-state index contributed by atoms with van der Waals surface area (Å²) in [5.74, 6) is -0.592. The number of alkyl carbamates (subject to hydrolysis) is 1. The first kappa shape index (κ1) is 28.0. The van der Waals surface area contributed by atoms with Crippen molar-refractivity contribution in [2.24, 2.45) is 5.92 Å². The monoisotopic (exact) mass is 493 g/mol. The molecule has 0 fully saturated rings. The number of carbonyl (C=O) groups is 3. The maximum Gasteiger partial charge on any atom is 0.407 e. The predicted molar refractivity (Wildman–Crippen MR) is 135 cm³/mol. The predicted octanol–water partition coefficient (Wildman–Crippen LogP) is 3.29. The molecule has 1 unspecified atom stereocenters. The topological polar surface area (TPSA) is 108 Å². The van der Waals surface area contributed by atoms with Crippen LogP contribution in [0.4, 0.5) is 4.79 Å². The van der Waals surface area contributed by atoms with E-state index in [2.05, 4.69) is 10.6 Å². The number of fused-ring (bicyclic) bond motifs is 1. The van der Waals surface area contributed by atoms with Crippen LogP contribution in [0.5, 0.6) is 0 Å². The van der Waals surface area contributed by atoms with Gasteiger partial charge in [-0.3, -0.25) is 9.69 Å². The van der Waals surface area contributed by atoms with E-state index in [-0.39, 0.29) is 17.9 Å². The molecular formula is C25H39N3O5S. The van der Waals surface area contributed by atoms with Gasteiger partial charge in [0, 0.05) is 19.1 Å². The number of rotatable bonds is 10. The molecule has 0 aliphatic carbocycles. The van der Waals surface area contributed by atoms with Crippen molar-refractivity contribution in [2.45, 2.75) is 77.7 Å². The fourth-order valence-electron chi connectivity index (χ4n) is 3.92. The van der Waals surface area contributed by atoms with Gasteiger partial charge >= 0.3 is 12.1 Å². The van der Waals surface area contributed by atoms with Crippen LogP contribution in [0, 0.1) is 5.92 Å². The number of hydrogen-bond donors (Lipinski definition) is 3. The highest BCUT2D eigenvalue weighted by Gasteiger charge is 2.35. The number of nitrogens with zero attached hydrogens (tertiary/aromatic N) is 1. The Hall–Kier alpha value is -2.26. The van der Waals surface area contributed by atoms with E-state index in [9.17, 15) is 19.5 Å². The lowest BCUT2D eigenvalue weighted by molar-refractivity contribution is -0.143. The van der Waals surface area contributed by atoms with Crippen molar-refractivity contribution in [1.29, 1.82) is 0 Å². The maximum atomic E-state index is 13.3. The van der Waals surface area contributed by atoms with Crippen molar-refractivity contribution in [2.75, 3.05) is 18.6 Å². The summed E-state index contributed by atoms with van der Waals surface area (Å²) in [6, 6.07) is 6.26. The molecule has 0 saturated carbocycles. The normalized spacial score (nSPS) is 18.0. The van der Waals surface area contributed by atoms with Crippen LogP contribution >= 0.6 is 11.8 Å². The number of carbonyl (C=O) groups excluding carboxylic acids is 2. The second-order valence-corrected chi connectivity index (χ2v) is 11.1. The summed E-state index contributed by atoms with van der Waals surface area (Å²) >= 11 is 1.55. The quantitative estimate of drug-likeness (QED) is 0.459. The summed E-state index contributed by atoms with van der Waals surface area (Å²) in [5.41, 5.74) is 1.60. The molecule has 3 atom stereocenters. The molecule has 34 heavy (non-hydrogen) atoms. The van der Waals surface area contributed by atoms with Gasteiger partial charge in [0.2, 0.25) is 5.91 Å². The zero-order chi connectivity index (χ0) is 25.5. The first-order valence-corrected chi connectivity index (χ1v) is 13.1. The number of carboxylic acid groups (broad SMARTS) is 1. The lowest BCUT2D eigenvalue weighted by Gasteiger charge is -2.39. The molecule has 1 aromatic rings. The Bertz CT molecular complexity index is 855. The number of hydrogen-bond acceptors (Lipinski definition) is 6. The van der Waals surface area contributed by atoms with Gasteiger partial charge in [0.15, 0.2) is 0 Å². The standard InChI is InChI=1S/C25H39N3O5S/c1-16(2)20(27-24(32)33-25(3,4)5)15-28-14-18-10-8-7-9-17(18)13-21(28)22(29)26-19(23(30)31)11-12-34-6/h7-10,16,19-21H,11-15H2,1-6H3,(H,26,29)(H,27,32)(H,30,31)/t19-,20?,21+/m0/s1. The van der Waals surface area contributed by atoms with Gasteiger partial charge in [-0.2, -0.15) is 11.8 Å². The van der Waals surface area contributed by atoms with Crippen molar-refractivity contribution in [3.05, 3.63) is 35.4 Å². The zero-order valence-corrected chi connectivity index (χ0v) is 21.9. The SMILES string of the molecule is CSCC[C@H](NC(=O)[C@H]1Cc2ccccc2CN1CC(NC(=O)OC(C)(C)C)C(C)C)C(=O)O. The van der Waals surface area contributed by atoms with Crippen LogP contribution in [-0.4, -0.2) is 70.3 Å². The first-order valence-electron chi connectivity index (χ1n) is 11.7. The van der Waals surface area contributed by atoms with Crippen molar-refractivity contribution in [1.82, 2.24) is 15.5 Å². The molecule has 8 nitrogen and oxygen atoms in total. The van der Waals surface area contributed by atoms with E-state index in [1.54, 1.807) is 11.8 Å². The van der Waals surface area contributed by atoms with Gasteiger partial charge in [0.1, 0.15) is 11.6 Å². The van der Waals surface area contributed by atoms with Crippen molar-refractivity contribution in [3.8, 4) is 0 Å². The van der Waals surface area contributed by atoms with Gasteiger partial charge in [-0.15, -0.1) is 0 Å².